The van der Waals surface area contributed by atoms with Gasteiger partial charge >= 0.3 is 0 Å². The first kappa shape index (κ1) is 15.2. The van der Waals surface area contributed by atoms with E-state index in [1.165, 1.54) is 0 Å². The fraction of sp³-hybridized carbons (Fsp3) is 0.211. The molecule has 0 saturated carbocycles. The lowest BCUT2D eigenvalue weighted by molar-refractivity contribution is 0.199. The Hall–Kier alpha value is -2.19. The molecule has 0 aliphatic rings. The zero-order valence-corrected chi connectivity index (χ0v) is 12.5. The Balaban J connectivity index is 2.42. The van der Waals surface area contributed by atoms with Crippen molar-refractivity contribution in [3.05, 3.63) is 83.9 Å². The van der Waals surface area contributed by atoms with Crippen molar-refractivity contribution in [1.29, 1.82) is 0 Å². The summed E-state index contributed by atoms with van der Waals surface area (Å²) in [7, 11) is 0. The highest BCUT2D eigenvalue weighted by Gasteiger charge is 2.13. The normalized spacial score (nSPS) is 13.9. The summed E-state index contributed by atoms with van der Waals surface area (Å²) >= 11 is 0. The van der Waals surface area contributed by atoms with Crippen molar-refractivity contribution in [1.82, 2.24) is 0 Å². The summed E-state index contributed by atoms with van der Waals surface area (Å²) in [6, 6.07) is 20.0. The van der Waals surface area contributed by atoms with Crippen molar-refractivity contribution in [3.8, 4) is 0 Å². The third-order valence-corrected chi connectivity index (χ3v) is 3.31. The van der Waals surface area contributed by atoms with Crippen molar-refractivity contribution in [3.63, 3.8) is 0 Å². The Labute approximate surface area is 126 Å². The maximum absolute atomic E-state index is 10.1. The van der Waals surface area contributed by atoms with Crippen LogP contribution in [0.1, 0.15) is 25.0 Å². The van der Waals surface area contributed by atoms with Crippen LogP contribution in [-0.4, -0.2) is 23.0 Å². The number of rotatable bonds is 5. The van der Waals surface area contributed by atoms with Gasteiger partial charge in [0, 0.05) is 11.1 Å². The van der Waals surface area contributed by atoms with Gasteiger partial charge in [-0.15, -0.1) is 0 Å². The van der Waals surface area contributed by atoms with Crippen LogP contribution < -0.4 is 0 Å². The van der Waals surface area contributed by atoms with Gasteiger partial charge < -0.3 is 5.11 Å². The van der Waals surface area contributed by atoms with Crippen molar-refractivity contribution in [2.75, 3.05) is 0 Å². The molecular formula is C19H21NO. The van der Waals surface area contributed by atoms with E-state index in [1.807, 2.05) is 80.6 Å². The van der Waals surface area contributed by atoms with E-state index in [9.17, 15) is 5.11 Å². The predicted molar refractivity (Wildman–Crippen MR) is 88.8 cm³/mol. The highest BCUT2D eigenvalue weighted by atomic mass is 16.3. The Morgan fingerprint density at radius 2 is 1.43 bits per heavy atom. The SMILES string of the molecule is C/C=C/[C@H](O)[C@H](C)N=C(c1ccccc1)c1ccccc1. The van der Waals surface area contributed by atoms with E-state index in [4.69, 9.17) is 4.99 Å². The van der Waals surface area contributed by atoms with Gasteiger partial charge in [0.05, 0.1) is 17.9 Å². The van der Waals surface area contributed by atoms with E-state index in [0.717, 1.165) is 16.8 Å². The quantitative estimate of drug-likeness (QED) is 0.654. The van der Waals surface area contributed by atoms with Crippen LogP contribution in [0, 0.1) is 0 Å². The van der Waals surface area contributed by atoms with Crippen molar-refractivity contribution in [2.45, 2.75) is 26.0 Å². The van der Waals surface area contributed by atoms with Crippen molar-refractivity contribution >= 4 is 5.71 Å². The van der Waals surface area contributed by atoms with Crippen LogP contribution in [-0.2, 0) is 0 Å². The van der Waals surface area contributed by atoms with Crippen molar-refractivity contribution in [2.24, 2.45) is 4.99 Å². The van der Waals surface area contributed by atoms with Gasteiger partial charge in [-0.2, -0.15) is 0 Å². The zero-order chi connectivity index (χ0) is 15.1. The fourth-order valence-electron chi connectivity index (χ4n) is 2.15. The molecule has 2 heteroatoms. The van der Waals surface area contributed by atoms with Gasteiger partial charge in [-0.05, 0) is 13.8 Å². The van der Waals surface area contributed by atoms with E-state index in [1.54, 1.807) is 6.08 Å². The maximum atomic E-state index is 10.1. The van der Waals surface area contributed by atoms with Crippen LogP contribution in [0.4, 0.5) is 0 Å². The number of aliphatic hydroxyl groups is 1. The van der Waals surface area contributed by atoms with E-state index in [0.29, 0.717) is 0 Å². The molecule has 0 radical (unpaired) electrons. The Kier molecular flexibility index (Phi) is 5.47. The van der Waals surface area contributed by atoms with Gasteiger partial charge in [0.15, 0.2) is 0 Å². The van der Waals surface area contributed by atoms with Gasteiger partial charge in [0.1, 0.15) is 0 Å². The van der Waals surface area contributed by atoms with Gasteiger partial charge in [-0.1, -0.05) is 72.8 Å². The van der Waals surface area contributed by atoms with Crippen LogP contribution in [0.15, 0.2) is 77.8 Å². The van der Waals surface area contributed by atoms with E-state index in [-0.39, 0.29) is 6.04 Å². The Morgan fingerprint density at radius 1 is 0.952 bits per heavy atom. The largest absolute Gasteiger partial charge is 0.387 e. The number of aliphatic hydroxyl groups excluding tert-OH is 1. The van der Waals surface area contributed by atoms with Crippen LogP contribution in [0.25, 0.3) is 0 Å². The topological polar surface area (TPSA) is 32.6 Å². The van der Waals surface area contributed by atoms with Gasteiger partial charge in [0.25, 0.3) is 0 Å². The molecule has 2 aromatic carbocycles. The number of hydrogen-bond acceptors (Lipinski definition) is 2. The number of hydrogen-bond donors (Lipinski definition) is 1. The second kappa shape index (κ2) is 7.55. The fourth-order valence-corrected chi connectivity index (χ4v) is 2.15. The molecule has 0 fully saturated rings. The number of allylic oxidation sites excluding steroid dienone is 1. The molecule has 2 atom stereocenters. The van der Waals surface area contributed by atoms with Gasteiger partial charge in [-0.25, -0.2) is 0 Å². The van der Waals surface area contributed by atoms with Crippen LogP contribution in [0.2, 0.25) is 0 Å². The second-order valence-corrected chi connectivity index (χ2v) is 4.97. The number of benzene rings is 2. The smallest absolute Gasteiger partial charge is 0.0941 e. The van der Waals surface area contributed by atoms with E-state index < -0.39 is 6.10 Å². The molecule has 0 unspecified atom stereocenters. The summed E-state index contributed by atoms with van der Waals surface area (Å²) in [6.45, 7) is 3.82. The minimum absolute atomic E-state index is 0.198. The number of nitrogens with zero attached hydrogens (tertiary/aromatic N) is 1. The predicted octanol–water partition coefficient (Wildman–Crippen LogP) is 3.85. The third-order valence-electron chi connectivity index (χ3n) is 3.31. The molecule has 2 rings (SSSR count). The molecule has 2 aromatic rings. The van der Waals surface area contributed by atoms with E-state index >= 15 is 0 Å². The van der Waals surface area contributed by atoms with Gasteiger partial charge in [0.2, 0.25) is 0 Å². The van der Waals surface area contributed by atoms with Crippen LogP contribution in [0.5, 0.6) is 0 Å². The third kappa shape index (κ3) is 4.14. The highest BCUT2D eigenvalue weighted by molar-refractivity contribution is 6.12. The first-order chi connectivity index (χ1) is 10.2. The Bertz CT molecular complexity index is 560. The molecule has 0 heterocycles. The number of aliphatic imine (C=N–C) groups is 1. The molecule has 108 valence electrons. The molecule has 0 saturated heterocycles. The molecule has 0 amide bonds. The van der Waals surface area contributed by atoms with Crippen LogP contribution in [0.3, 0.4) is 0 Å². The maximum Gasteiger partial charge on any atom is 0.0941 e. The summed E-state index contributed by atoms with van der Waals surface area (Å²) in [5, 5.41) is 10.1. The molecule has 0 bridgehead atoms. The first-order valence-electron chi connectivity index (χ1n) is 7.22. The molecule has 0 aliphatic heterocycles. The average Bonchev–Trinajstić information content (AvgIpc) is 2.54. The molecule has 2 nitrogen and oxygen atoms in total. The lowest BCUT2D eigenvalue weighted by Gasteiger charge is -2.15. The minimum Gasteiger partial charge on any atom is -0.387 e. The monoisotopic (exact) mass is 279 g/mol. The average molecular weight is 279 g/mol. The molecule has 0 aromatic heterocycles. The highest BCUT2D eigenvalue weighted by Crippen LogP contribution is 2.13. The lowest BCUT2D eigenvalue weighted by Crippen LogP contribution is -2.21. The molecule has 21 heavy (non-hydrogen) atoms. The summed E-state index contributed by atoms with van der Waals surface area (Å²) in [4.78, 5) is 4.75. The molecular weight excluding hydrogens is 258 g/mol. The summed E-state index contributed by atoms with van der Waals surface area (Å²) in [5.41, 5.74) is 3.03. The Morgan fingerprint density at radius 3 is 1.86 bits per heavy atom. The first-order valence-corrected chi connectivity index (χ1v) is 7.22. The summed E-state index contributed by atoms with van der Waals surface area (Å²) in [5.74, 6) is 0. The molecule has 0 aliphatic carbocycles. The lowest BCUT2D eigenvalue weighted by atomic mass is 10.0. The zero-order valence-electron chi connectivity index (χ0n) is 12.5. The molecule has 1 N–H and O–H groups in total. The van der Waals surface area contributed by atoms with Gasteiger partial charge in [-0.3, -0.25) is 4.99 Å². The minimum atomic E-state index is -0.572. The van der Waals surface area contributed by atoms with E-state index in [2.05, 4.69) is 0 Å². The summed E-state index contributed by atoms with van der Waals surface area (Å²) in [6.07, 6.45) is 3.04. The van der Waals surface area contributed by atoms with Crippen LogP contribution >= 0.6 is 0 Å². The standard InChI is InChI=1S/C19H21NO/c1-3-10-18(21)15(2)20-19(16-11-6-4-7-12-16)17-13-8-5-9-14-17/h3-15,18,21H,1-2H3/b10-3+/t15-,18-/m0/s1. The molecule has 0 spiro atoms. The van der Waals surface area contributed by atoms with Crippen molar-refractivity contribution < 1.29 is 5.11 Å². The second-order valence-electron chi connectivity index (χ2n) is 4.97. The summed E-state index contributed by atoms with van der Waals surface area (Å²) < 4.78 is 0.